The summed E-state index contributed by atoms with van der Waals surface area (Å²) in [7, 11) is 0. The third kappa shape index (κ3) is 3.78. The summed E-state index contributed by atoms with van der Waals surface area (Å²) in [5, 5.41) is 0. The Morgan fingerprint density at radius 2 is 2.38 bits per heavy atom. The largest absolute Gasteiger partial charge is 0.287 e. The third-order valence-corrected chi connectivity index (χ3v) is 0.939. The Bertz CT molecular complexity index is 63.5. The highest BCUT2D eigenvalue weighted by Gasteiger charge is 2.01. The highest BCUT2D eigenvalue weighted by atomic mass is 19.1. The maximum absolute atomic E-state index is 11.9. The molecular formula is C6H10FO. The molecule has 0 fully saturated rings. The van der Waals surface area contributed by atoms with Gasteiger partial charge in [0.25, 0.3) is 0 Å². The summed E-state index contributed by atoms with van der Waals surface area (Å²) in [5.41, 5.74) is 0. The van der Waals surface area contributed by atoms with E-state index in [2.05, 4.69) is 0 Å². The topological polar surface area (TPSA) is 17.1 Å². The lowest BCUT2D eigenvalue weighted by Gasteiger charge is -1.93. The van der Waals surface area contributed by atoms with Crippen LogP contribution in [0.5, 0.6) is 0 Å². The Morgan fingerprint density at radius 1 is 1.75 bits per heavy atom. The second-order valence-corrected chi connectivity index (χ2v) is 1.73. The lowest BCUT2D eigenvalue weighted by atomic mass is 10.2. The first-order valence-electron chi connectivity index (χ1n) is 2.83. The Hall–Kier alpha value is -0.400. The van der Waals surface area contributed by atoms with Crippen molar-refractivity contribution in [1.29, 1.82) is 0 Å². The minimum atomic E-state index is -1.35. The van der Waals surface area contributed by atoms with Crippen LogP contribution in [0.4, 0.5) is 4.39 Å². The lowest BCUT2D eigenvalue weighted by molar-refractivity contribution is 0.371. The fraction of sp³-hybridized carbons (Fsp3) is 0.833. The summed E-state index contributed by atoms with van der Waals surface area (Å²) in [6, 6.07) is 0. The molecule has 47 valence electrons. The van der Waals surface area contributed by atoms with E-state index in [4.69, 9.17) is 0 Å². The maximum Gasteiger partial charge on any atom is 0.235 e. The van der Waals surface area contributed by atoms with Gasteiger partial charge in [-0.3, -0.25) is 4.79 Å². The van der Waals surface area contributed by atoms with Crippen molar-refractivity contribution in [2.45, 2.75) is 32.4 Å². The molecule has 0 aromatic rings. The molecule has 1 unspecified atom stereocenters. The van der Waals surface area contributed by atoms with Crippen LogP contribution in [-0.2, 0) is 4.79 Å². The van der Waals surface area contributed by atoms with Crippen LogP contribution in [0.2, 0.25) is 0 Å². The number of hydrogen-bond donors (Lipinski definition) is 0. The Balaban J connectivity index is 2.98. The van der Waals surface area contributed by atoms with E-state index >= 15 is 0 Å². The van der Waals surface area contributed by atoms with Gasteiger partial charge >= 0.3 is 0 Å². The molecule has 0 rings (SSSR count). The molecule has 0 aromatic carbocycles. The van der Waals surface area contributed by atoms with Crippen molar-refractivity contribution < 1.29 is 9.18 Å². The Kier molecular flexibility index (Phi) is 4.51. The van der Waals surface area contributed by atoms with E-state index in [0.29, 0.717) is 6.42 Å². The van der Waals surface area contributed by atoms with E-state index < -0.39 is 6.17 Å². The summed E-state index contributed by atoms with van der Waals surface area (Å²) in [4.78, 5) is 9.51. The molecule has 0 N–H and O–H groups in total. The van der Waals surface area contributed by atoms with Gasteiger partial charge in [0, 0.05) is 0 Å². The molecule has 0 saturated heterocycles. The van der Waals surface area contributed by atoms with E-state index in [9.17, 15) is 9.18 Å². The molecule has 0 saturated carbocycles. The lowest BCUT2D eigenvalue weighted by Crippen LogP contribution is -1.99. The SMILES string of the molecule is CCCCC(F)[C]=O. The van der Waals surface area contributed by atoms with E-state index in [1.807, 2.05) is 6.92 Å². The van der Waals surface area contributed by atoms with Crippen molar-refractivity contribution >= 4 is 6.29 Å². The Labute approximate surface area is 48.9 Å². The first-order valence-corrected chi connectivity index (χ1v) is 2.83. The standard InChI is InChI=1S/C6H10FO/c1-2-3-4-6(7)5-8/h6H,2-4H2,1H3. The van der Waals surface area contributed by atoms with Crippen LogP contribution in [0.1, 0.15) is 26.2 Å². The summed E-state index contributed by atoms with van der Waals surface area (Å²) in [6.45, 7) is 1.96. The van der Waals surface area contributed by atoms with Gasteiger partial charge in [-0.1, -0.05) is 19.8 Å². The molecule has 0 bridgehead atoms. The highest BCUT2D eigenvalue weighted by Crippen LogP contribution is 2.00. The molecule has 0 aliphatic heterocycles. The molecule has 0 amide bonds. The molecule has 0 spiro atoms. The normalized spacial score (nSPS) is 13.2. The quantitative estimate of drug-likeness (QED) is 0.547. The second kappa shape index (κ2) is 4.75. The number of carbonyl (C=O) groups excluding carboxylic acids is 1. The van der Waals surface area contributed by atoms with Crippen molar-refractivity contribution in [2.24, 2.45) is 0 Å². The average Bonchev–Trinajstić information content (AvgIpc) is 1.83. The van der Waals surface area contributed by atoms with Gasteiger partial charge in [0.15, 0.2) is 6.17 Å². The van der Waals surface area contributed by atoms with Crippen LogP contribution in [-0.4, -0.2) is 12.5 Å². The predicted molar refractivity (Wildman–Crippen MR) is 30.1 cm³/mol. The maximum atomic E-state index is 11.9. The van der Waals surface area contributed by atoms with Crippen LogP contribution < -0.4 is 0 Å². The molecule has 0 aliphatic rings. The zero-order valence-electron chi connectivity index (χ0n) is 4.98. The molecule has 0 heterocycles. The molecule has 0 aromatic heterocycles. The second-order valence-electron chi connectivity index (χ2n) is 1.73. The number of alkyl halides is 1. The van der Waals surface area contributed by atoms with Gasteiger partial charge in [-0.25, -0.2) is 4.39 Å². The molecular weight excluding hydrogens is 107 g/mol. The van der Waals surface area contributed by atoms with Gasteiger partial charge < -0.3 is 0 Å². The number of rotatable bonds is 4. The van der Waals surface area contributed by atoms with E-state index in [-0.39, 0.29) is 0 Å². The summed E-state index contributed by atoms with van der Waals surface area (Å²) in [5.74, 6) is 0. The van der Waals surface area contributed by atoms with Gasteiger partial charge in [0.2, 0.25) is 6.29 Å². The number of unbranched alkanes of at least 4 members (excludes halogenated alkanes) is 1. The fourth-order valence-corrected chi connectivity index (χ4v) is 0.442. The van der Waals surface area contributed by atoms with Crippen LogP contribution in [0.3, 0.4) is 0 Å². The summed E-state index contributed by atoms with van der Waals surface area (Å²) >= 11 is 0. The van der Waals surface area contributed by atoms with Gasteiger partial charge in [-0.05, 0) is 6.42 Å². The average molecular weight is 117 g/mol. The highest BCUT2D eigenvalue weighted by molar-refractivity contribution is 5.56. The molecule has 1 radical (unpaired) electrons. The molecule has 8 heavy (non-hydrogen) atoms. The first kappa shape index (κ1) is 7.60. The van der Waals surface area contributed by atoms with Crippen LogP contribution in [0.15, 0.2) is 0 Å². The van der Waals surface area contributed by atoms with Crippen molar-refractivity contribution in [2.75, 3.05) is 0 Å². The minimum Gasteiger partial charge on any atom is -0.287 e. The molecule has 1 nitrogen and oxygen atoms in total. The number of halogens is 1. The monoisotopic (exact) mass is 117 g/mol. The smallest absolute Gasteiger partial charge is 0.235 e. The molecule has 1 atom stereocenters. The summed E-state index contributed by atoms with van der Waals surface area (Å²) < 4.78 is 11.9. The van der Waals surface area contributed by atoms with Crippen LogP contribution >= 0.6 is 0 Å². The van der Waals surface area contributed by atoms with Gasteiger partial charge in [0.1, 0.15) is 0 Å². The van der Waals surface area contributed by atoms with Gasteiger partial charge in [0.05, 0.1) is 0 Å². The first-order chi connectivity index (χ1) is 3.81. The van der Waals surface area contributed by atoms with E-state index in [1.54, 1.807) is 0 Å². The van der Waals surface area contributed by atoms with E-state index in [1.165, 1.54) is 6.29 Å². The minimum absolute atomic E-state index is 0.333. The van der Waals surface area contributed by atoms with Crippen molar-refractivity contribution in [3.05, 3.63) is 0 Å². The van der Waals surface area contributed by atoms with Crippen LogP contribution in [0.25, 0.3) is 0 Å². The molecule has 0 aliphatic carbocycles. The van der Waals surface area contributed by atoms with Gasteiger partial charge in [-0.15, -0.1) is 0 Å². The van der Waals surface area contributed by atoms with Crippen molar-refractivity contribution in [3.8, 4) is 0 Å². The van der Waals surface area contributed by atoms with Gasteiger partial charge in [-0.2, -0.15) is 0 Å². The van der Waals surface area contributed by atoms with E-state index in [0.717, 1.165) is 12.8 Å². The van der Waals surface area contributed by atoms with Crippen molar-refractivity contribution in [1.82, 2.24) is 0 Å². The van der Waals surface area contributed by atoms with Crippen LogP contribution in [0, 0.1) is 0 Å². The zero-order chi connectivity index (χ0) is 6.41. The third-order valence-electron chi connectivity index (χ3n) is 0.939. The zero-order valence-corrected chi connectivity index (χ0v) is 4.98. The number of hydrogen-bond acceptors (Lipinski definition) is 1. The Morgan fingerprint density at radius 3 is 2.75 bits per heavy atom. The predicted octanol–water partition coefficient (Wildman–Crippen LogP) is 1.62. The fourth-order valence-electron chi connectivity index (χ4n) is 0.442. The van der Waals surface area contributed by atoms with Crippen molar-refractivity contribution in [3.63, 3.8) is 0 Å². The summed E-state index contributed by atoms with van der Waals surface area (Å²) in [6.07, 6.45) is 1.97. The molecule has 2 heteroatoms.